The van der Waals surface area contributed by atoms with Crippen LogP contribution in [0.1, 0.15) is 25.7 Å². The molecular formula is C10H17F3N2. The number of hydrogen-bond acceptors (Lipinski definition) is 2. The monoisotopic (exact) mass is 222 g/mol. The average Bonchev–Trinajstić information content (AvgIpc) is 2.97. The van der Waals surface area contributed by atoms with Gasteiger partial charge in [0.1, 0.15) is 0 Å². The van der Waals surface area contributed by atoms with Gasteiger partial charge in [-0.15, -0.1) is 0 Å². The normalized spacial score (nSPS) is 29.4. The van der Waals surface area contributed by atoms with Crippen LogP contribution in [-0.2, 0) is 0 Å². The lowest BCUT2D eigenvalue weighted by atomic mass is 9.98. The van der Waals surface area contributed by atoms with Crippen LogP contribution in [-0.4, -0.2) is 36.9 Å². The zero-order chi connectivity index (χ0) is 10.9. The van der Waals surface area contributed by atoms with Crippen LogP contribution in [0.25, 0.3) is 0 Å². The zero-order valence-corrected chi connectivity index (χ0v) is 8.69. The largest absolute Gasteiger partial charge is 0.457 e. The minimum atomic E-state index is -4.22. The molecule has 0 radical (unpaired) electrons. The van der Waals surface area contributed by atoms with Gasteiger partial charge in [-0.25, -0.2) is 5.32 Å². The van der Waals surface area contributed by atoms with Crippen LogP contribution in [0, 0.1) is 5.92 Å². The van der Waals surface area contributed by atoms with Crippen molar-refractivity contribution in [1.82, 2.24) is 10.2 Å². The van der Waals surface area contributed by atoms with Crippen molar-refractivity contribution in [2.24, 2.45) is 5.92 Å². The third-order valence-electron chi connectivity index (χ3n) is 3.20. The fourth-order valence-corrected chi connectivity index (χ4v) is 2.30. The number of rotatable bonds is 3. The van der Waals surface area contributed by atoms with E-state index < -0.39 is 6.30 Å². The summed E-state index contributed by atoms with van der Waals surface area (Å²) in [5, 5.41) is 1.64. The van der Waals surface area contributed by atoms with E-state index in [0.29, 0.717) is 6.04 Å². The molecule has 0 spiro atoms. The third kappa shape index (κ3) is 3.65. The van der Waals surface area contributed by atoms with Gasteiger partial charge < -0.3 is 4.90 Å². The molecule has 1 unspecified atom stereocenters. The van der Waals surface area contributed by atoms with E-state index in [-0.39, 0.29) is 12.5 Å². The molecule has 0 aromatic carbocycles. The summed E-state index contributed by atoms with van der Waals surface area (Å²) in [4.78, 5) is 2.35. The quantitative estimate of drug-likeness (QED) is 0.734. The molecule has 0 aromatic heterocycles. The highest BCUT2D eigenvalue weighted by Gasteiger charge is 2.34. The molecule has 5 heteroatoms. The molecule has 15 heavy (non-hydrogen) atoms. The molecule has 1 N–H and O–H groups in total. The fraction of sp³-hybridized carbons (Fsp3) is 1.00. The Labute approximate surface area is 87.8 Å². The molecule has 2 nitrogen and oxygen atoms in total. The first-order chi connectivity index (χ1) is 7.04. The second kappa shape index (κ2) is 4.29. The maximum atomic E-state index is 12.0. The number of likely N-dealkylation sites (tertiary alicyclic amines) is 1. The molecule has 2 aliphatic rings. The highest BCUT2D eigenvalue weighted by Crippen LogP contribution is 2.30. The van der Waals surface area contributed by atoms with Gasteiger partial charge in [0.15, 0.2) is 0 Å². The SMILES string of the molecule is FC(F)(F)NCC1CCCN(C2CC2)C1. The Morgan fingerprint density at radius 2 is 1.93 bits per heavy atom. The minimum absolute atomic E-state index is 0.0761. The van der Waals surface area contributed by atoms with Gasteiger partial charge in [0.2, 0.25) is 0 Å². The van der Waals surface area contributed by atoms with Crippen molar-refractivity contribution in [2.45, 2.75) is 38.0 Å². The second-order valence-corrected chi connectivity index (χ2v) is 4.61. The molecule has 1 saturated heterocycles. The first kappa shape index (κ1) is 11.2. The van der Waals surface area contributed by atoms with Gasteiger partial charge in [-0.3, -0.25) is 0 Å². The van der Waals surface area contributed by atoms with Crippen LogP contribution < -0.4 is 5.32 Å². The Morgan fingerprint density at radius 1 is 1.20 bits per heavy atom. The highest BCUT2D eigenvalue weighted by molar-refractivity contribution is 4.88. The van der Waals surface area contributed by atoms with Gasteiger partial charge in [-0.1, -0.05) is 0 Å². The zero-order valence-electron chi connectivity index (χ0n) is 8.69. The van der Waals surface area contributed by atoms with Crippen molar-refractivity contribution in [3.8, 4) is 0 Å². The number of nitrogens with one attached hydrogen (secondary N) is 1. The number of alkyl halides is 3. The van der Waals surface area contributed by atoms with Crippen LogP contribution in [0.15, 0.2) is 0 Å². The van der Waals surface area contributed by atoms with Gasteiger partial charge in [0, 0.05) is 19.1 Å². The summed E-state index contributed by atoms with van der Waals surface area (Å²) in [6.45, 7) is 1.99. The summed E-state index contributed by atoms with van der Waals surface area (Å²) in [6, 6.07) is 0.679. The van der Waals surface area contributed by atoms with Crippen molar-refractivity contribution in [3.05, 3.63) is 0 Å². The van der Waals surface area contributed by atoms with Gasteiger partial charge in [-0.2, -0.15) is 13.2 Å². The number of piperidine rings is 1. The van der Waals surface area contributed by atoms with E-state index in [9.17, 15) is 13.2 Å². The molecule has 2 fully saturated rings. The first-order valence-electron chi connectivity index (χ1n) is 5.60. The lowest BCUT2D eigenvalue weighted by Crippen LogP contribution is -2.43. The maximum absolute atomic E-state index is 12.0. The molecule has 88 valence electrons. The maximum Gasteiger partial charge on any atom is 0.457 e. The summed E-state index contributed by atoms with van der Waals surface area (Å²) >= 11 is 0. The lowest BCUT2D eigenvalue weighted by molar-refractivity contribution is -0.159. The summed E-state index contributed by atoms with van der Waals surface area (Å²) in [7, 11) is 0. The van der Waals surface area contributed by atoms with Crippen molar-refractivity contribution in [1.29, 1.82) is 0 Å². The molecule has 0 aromatic rings. The molecule has 1 atom stereocenters. The van der Waals surface area contributed by atoms with Gasteiger partial charge >= 0.3 is 6.30 Å². The van der Waals surface area contributed by atoms with E-state index in [1.165, 1.54) is 12.8 Å². The standard InChI is InChI=1S/C10H17F3N2/c11-10(12,13)14-6-8-2-1-5-15(7-8)9-3-4-9/h8-9,14H,1-7H2. The van der Waals surface area contributed by atoms with E-state index >= 15 is 0 Å². The van der Waals surface area contributed by atoms with E-state index in [2.05, 4.69) is 4.90 Å². The fourth-order valence-electron chi connectivity index (χ4n) is 2.30. The van der Waals surface area contributed by atoms with Crippen LogP contribution in [0.4, 0.5) is 13.2 Å². The van der Waals surface area contributed by atoms with E-state index in [1.54, 1.807) is 5.32 Å². The molecule has 1 aliphatic carbocycles. The average molecular weight is 222 g/mol. The van der Waals surface area contributed by atoms with E-state index in [0.717, 1.165) is 25.9 Å². The Morgan fingerprint density at radius 3 is 2.53 bits per heavy atom. The van der Waals surface area contributed by atoms with E-state index in [1.807, 2.05) is 0 Å². The van der Waals surface area contributed by atoms with Crippen molar-refractivity contribution >= 4 is 0 Å². The topological polar surface area (TPSA) is 15.3 Å². The molecule has 0 amide bonds. The predicted octanol–water partition coefficient (Wildman–Crippen LogP) is 1.97. The summed E-state index contributed by atoms with van der Waals surface area (Å²) in [5.41, 5.74) is 0. The van der Waals surface area contributed by atoms with Crippen LogP contribution in [0.5, 0.6) is 0 Å². The molecule has 1 saturated carbocycles. The van der Waals surface area contributed by atoms with Crippen LogP contribution in [0.2, 0.25) is 0 Å². The predicted molar refractivity (Wildman–Crippen MR) is 51.4 cm³/mol. The van der Waals surface area contributed by atoms with Crippen molar-refractivity contribution in [3.63, 3.8) is 0 Å². The number of halogens is 3. The Kier molecular flexibility index (Phi) is 3.21. The van der Waals surface area contributed by atoms with Gasteiger partial charge in [0.25, 0.3) is 0 Å². The van der Waals surface area contributed by atoms with Crippen molar-refractivity contribution in [2.75, 3.05) is 19.6 Å². The van der Waals surface area contributed by atoms with Gasteiger partial charge in [-0.05, 0) is 38.1 Å². The van der Waals surface area contributed by atoms with Crippen LogP contribution in [0.3, 0.4) is 0 Å². The molecule has 1 heterocycles. The van der Waals surface area contributed by atoms with Gasteiger partial charge in [0.05, 0.1) is 0 Å². The summed E-state index contributed by atoms with van der Waals surface area (Å²) in [6.07, 6.45) is 0.216. The smallest absolute Gasteiger partial charge is 0.300 e. The first-order valence-corrected chi connectivity index (χ1v) is 5.60. The Balaban J connectivity index is 1.72. The minimum Gasteiger partial charge on any atom is -0.300 e. The third-order valence-corrected chi connectivity index (χ3v) is 3.20. The number of nitrogens with zero attached hydrogens (tertiary/aromatic N) is 1. The second-order valence-electron chi connectivity index (χ2n) is 4.61. The highest BCUT2D eigenvalue weighted by atomic mass is 19.4. The van der Waals surface area contributed by atoms with Crippen molar-refractivity contribution < 1.29 is 13.2 Å². The lowest BCUT2D eigenvalue weighted by Gasteiger charge is -2.33. The van der Waals surface area contributed by atoms with E-state index in [4.69, 9.17) is 0 Å². The summed E-state index contributed by atoms with van der Waals surface area (Å²) < 4.78 is 35.9. The molecule has 0 bridgehead atoms. The Hall–Kier alpha value is -0.290. The molecule has 1 aliphatic heterocycles. The molecular weight excluding hydrogens is 205 g/mol. The summed E-state index contributed by atoms with van der Waals surface area (Å²) in [5.74, 6) is 0.168. The number of hydrogen-bond donors (Lipinski definition) is 1. The van der Waals surface area contributed by atoms with Crippen LogP contribution >= 0.6 is 0 Å². The Bertz CT molecular complexity index is 213. The molecule has 2 rings (SSSR count).